The molecule has 0 saturated carbocycles. The van der Waals surface area contributed by atoms with Gasteiger partial charge in [0.2, 0.25) is 0 Å². The average molecular weight is 339 g/mol. The Morgan fingerprint density at radius 3 is 2.54 bits per heavy atom. The Hall–Kier alpha value is -2.65. The van der Waals surface area contributed by atoms with Crippen molar-refractivity contribution >= 4 is 24.2 Å². The molecule has 1 unspecified atom stereocenters. The first kappa shape index (κ1) is 16.2. The minimum atomic E-state index is -0.553. The number of nitrogens with zero attached hydrogens (tertiary/aromatic N) is 2. The second kappa shape index (κ2) is 6.46. The molecule has 1 aliphatic rings. The lowest BCUT2D eigenvalue weighted by molar-refractivity contribution is -0.118. The van der Waals surface area contributed by atoms with Gasteiger partial charge in [-0.25, -0.2) is 0 Å². The number of amides is 1. The lowest BCUT2D eigenvalue weighted by Crippen LogP contribution is -2.45. The number of anilines is 1. The molecule has 1 amide bonds. The summed E-state index contributed by atoms with van der Waals surface area (Å²) in [4.78, 5) is 14.0. The van der Waals surface area contributed by atoms with Crippen LogP contribution in [0.5, 0.6) is 0 Å². The van der Waals surface area contributed by atoms with Gasteiger partial charge in [0.15, 0.2) is 6.17 Å². The minimum absolute atomic E-state index is 0.0163. The molecule has 0 spiro atoms. The van der Waals surface area contributed by atoms with Crippen LogP contribution in [0.15, 0.2) is 51.4 Å². The third-order valence-corrected chi connectivity index (χ3v) is 4.41. The van der Waals surface area contributed by atoms with E-state index in [-0.39, 0.29) is 5.57 Å². The van der Waals surface area contributed by atoms with E-state index in [1.54, 1.807) is 4.90 Å². The Kier molecular flexibility index (Phi) is 4.36. The van der Waals surface area contributed by atoms with Crippen LogP contribution in [0.3, 0.4) is 0 Å². The van der Waals surface area contributed by atoms with Gasteiger partial charge in [-0.15, -0.1) is 12.6 Å². The van der Waals surface area contributed by atoms with Gasteiger partial charge < -0.3 is 14.6 Å². The molecule has 1 atom stereocenters. The van der Waals surface area contributed by atoms with E-state index >= 15 is 0 Å². The Morgan fingerprint density at radius 1 is 1.29 bits per heavy atom. The summed E-state index contributed by atoms with van der Waals surface area (Å²) in [5.74, 6) is 0.878. The highest BCUT2D eigenvalue weighted by molar-refractivity contribution is 7.84. The first-order valence-corrected chi connectivity index (χ1v) is 8.08. The quantitative estimate of drug-likeness (QED) is 0.841. The molecule has 0 aliphatic carbocycles. The van der Waals surface area contributed by atoms with Crippen LogP contribution in [0.2, 0.25) is 0 Å². The molecule has 1 aromatic carbocycles. The highest BCUT2D eigenvalue weighted by Gasteiger charge is 2.35. The van der Waals surface area contributed by atoms with Crippen molar-refractivity contribution in [1.82, 2.24) is 5.32 Å². The van der Waals surface area contributed by atoms with Gasteiger partial charge in [0.25, 0.3) is 5.91 Å². The maximum absolute atomic E-state index is 12.2. The van der Waals surface area contributed by atoms with Gasteiger partial charge in [0.05, 0.1) is 5.03 Å². The second-order valence-corrected chi connectivity index (χ2v) is 5.95. The summed E-state index contributed by atoms with van der Waals surface area (Å²) in [6.07, 6.45) is 0.383. The predicted octanol–water partition coefficient (Wildman–Crippen LogP) is 3.45. The number of thiol groups is 1. The number of hydrogen-bond donors (Lipinski definition) is 2. The summed E-state index contributed by atoms with van der Waals surface area (Å²) in [5.41, 5.74) is 2.01. The topological polar surface area (TPSA) is 69.3 Å². The highest BCUT2D eigenvalue weighted by Crippen LogP contribution is 2.36. The van der Waals surface area contributed by atoms with Crippen molar-refractivity contribution in [2.75, 3.05) is 4.90 Å². The van der Waals surface area contributed by atoms with Gasteiger partial charge in [-0.1, -0.05) is 19.1 Å². The molecule has 2 heterocycles. The fourth-order valence-electron chi connectivity index (χ4n) is 2.67. The summed E-state index contributed by atoms with van der Waals surface area (Å²) in [5, 5.41) is 12.4. The normalized spacial score (nSPS) is 17.7. The molecule has 24 heavy (non-hydrogen) atoms. The number of carbonyl (C=O) groups excluding carboxylic acids is 1. The zero-order valence-corrected chi connectivity index (χ0v) is 14.3. The molecule has 1 N–H and O–H groups in total. The number of nitrogens with one attached hydrogen (secondary N) is 1. The van der Waals surface area contributed by atoms with Gasteiger partial charge in [0, 0.05) is 5.69 Å². The summed E-state index contributed by atoms with van der Waals surface area (Å²) in [7, 11) is 0. The van der Waals surface area contributed by atoms with Gasteiger partial charge in [-0.3, -0.25) is 4.79 Å². The lowest BCUT2D eigenvalue weighted by Gasteiger charge is -2.36. The van der Waals surface area contributed by atoms with E-state index in [2.05, 4.69) is 24.9 Å². The molecule has 1 aliphatic heterocycles. The molecule has 0 bridgehead atoms. The number of benzene rings is 1. The van der Waals surface area contributed by atoms with Crippen molar-refractivity contribution < 1.29 is 9.21 Å². The van der Waals surface area contributed by atoms with E-state index in [4.69, 9.17) is 4.42 Å². The summed E-state index contributed by atoms with van der Waals surface area (Å²) >= 11 is 4.45. The van der Waals surface area contributed by atoms with Crippen molar-refractivity contribution in [1.29, 1.82) is 5.26 Å². The number of nitriles is 1. The van der Waals surface area contributed by atoms with Gasteiger partial charge in [-0.05, 0) is 43.2 Å². The Labute approximate surface area is 146 Å². The van der Waals surface area contributed by atoms with Crippen molar-refractivity contribution in [2.24, 2.45) is 0 Å². The summed E-state index contributed by atoms with van der Waals surface area (Å²) in [6, 6.07) is 13.5. The third kappa shape index (κ3) is 2.79. The molecule has 1 aromatic heterocycles. The van der Waals surface area contributed by atoms with E-state index in [0.29, 0.717) is 10.8 Å². The molecule has 5 nitrogen and oxygen atoms in total. The van der Waals surface area contributed by atoms with Crippen molar-refractivity contribution in [3.8, 4) is 6.07 Å². The Bertz CT molecular complexity index is 846. The highest BCUT2D eigenvalue weighted by atomic mass is 32.1. The molecule has 3 rings (SSSR count). The molecule has 0 radical (unpaired) electrons. The zero-order chi connectivity index (χ0) is 17.3. The number of hydrogen-bond acceptors (Lipinski definition) is 5. The molecule has 0 fully saturated rings. The zero-order valence-electron chi connectivity index (χ0n) is 13.4. The van der Waals surface area contributed by atoms with Crippen LogP contribution < -0.4 is 10.2 Å². The SMILES string of the molecule is CCc1ccc(N2C(S)=C(C#N)C(=O)NC2c2ccc(C)o2)cc1. The van der Waals surface area contributed by atoms with Gasteiger partial charge >= 0.3 is 0 Å². The fourth-order valence-corrected chi connectivity index (χ4v) is 3.05. The molecular weight excluding hydrogens is 322 g/mol. The van der Waals surface area contributed by atoms with Crippen LogP contribution in [-0.4, -0.2) is 5.91 Å². The summed E-state index contributed by atoms with van der Waals surface area (Å²) in [6.45, 7) is 3.93. The van der Waals surface area contributed by atoms with Crippen LogP contribution in [0.25, 0.3) is 0 Å². The van der Waals surface area contributed by atoms with Crippen molar-refractivity contribution in [3.63, 3.8) is 0 Å². The number of aryl methyl sites for hydroxylation is 2. The first-order chi connectivity index (χ1) is 11.5. The standard InChI is InChI=1S/C18H17N3O2S/c1-3-12-5-7-13(8-6-12)21-16(15-9-4-11(2)23-15)20-17(22)14(10-19)18(21)24/h4-9,16,24H,3H2,1-2H3,(H,20,22). The molecule has 0 saturated heterocycles. The van der Waals surface area contributed by atoms with Crippen LogP contribution in [0.1, 0.15) is 30.2 Å². The van der Waals surface area contributed by atoms with Crippen LogP contribution in [-0.2, 0) is 11.2 Å². The smallest absolute Gasteiger partial charge is 0.266 e. The minimum Gasteiger partial charge on any atom is -0.462 e. The average Bonchev–Trinajstić information content (AvgIpc) is 3.01. The van der Waals surface area contributed by atoms with E-state index in [0.717, 1.165) is 17.9 Å². The Balaban J connectivity index is 2.11. The van der Waals surface area contributed by atoms with E-state index < -0.39 is 12.1 Å². The second-order valence-electron chi connectivity index (χ2n) is 5.52. The van der Waals surface area contributed by atoms with Crippen LogP contribution in [0, 0.1) is 18.3 Å². The first-order valence-electron chi connectivity index (χ1n) is 7.64. The van der Waals surface area contributed by atoms with Crippen molar-refractivity contribution in [3.05, 3.63) is 64.1 Å². The third-order valence-electron chi connectivity index (χ3n) is 3.97. The number of furan rings is 1. The number of carbonyl (C=O) groups is 1. The largest absolute Gasteiger partial charge is 0.462 e. The van der Waals surface area contributed by atoms with Crippen LogP contribution in [0.4, 0.5) is 5.69 Å². The monoisotopic (exact) mass is 339 g/mol. The molecular formula is C18H17N3O2S. The molecule has 2 aromatic rings. The Morgan fingerprint density at radius 2 is 2.00 bits per heavy atom. The van der Waals surface area contributed by atoms with E-state index in [1.165, 1.54) is 5.56 Å². The molecule has 6 heteroatoms. The fraction of sp³-hybridized carbons (Fsp3) is 0.222. The lowest BCUT2D eigenvalue weighted by atomic mass is 10.1. The van der Waals surface area contributed by atoms with Crippen LogP contribution >= 0.6 is 12.6 Å². The maximum atomic E-state index is 12.2. The summed E-state index contributed by atoms with van der Waals surface area (Å²) < 4.78 is 5.69. The number of rotatable bonds is 3. The predicted molar refractivity (Wildman–Crippen MR) is 94.3 cm³/mol. The van der Waals surface area contributed by atoms with E-state index in [1.807, 2.05) is 49.4 Å². The maximum Gasteiger partial charge on any atom is 0.266 e. The van der Waals surface area contributed by atoms with E-state index in [9.17, 15) is 10.1 Å². The van der Waals surface area contributed by atoms with Gasteiger partial charge in [-0.2, -0.15) is 5.26 Å². The molecule has 122 valence electrons. The van der Waals surface area contributed by atoms with Gasteiger partial charge in [0.1, 0.15) is 23.2 Å². The van der Waals surface area contributed by atoms with Crippen molar-refractivity contribution in [2.45, 2.75) is 26.4 Å².